The molecule has 2 heterocycles. The molecule has 3 N–H and O–H groups in total. The molecule has 3 aromatic rings. The van der Waals surface area contributed by atoms with Gasteiger partial charge in [0.05, 0.1) is 40.8 Å². The van der Waals surface area contributed by atoms with Crippen LogP contribution in [0, 0.1) is 0 Å². The minimum atomic E-state index is -0.502. The van der Waals surface area contributed by atoms with E-state index in [4.69, 9.17) is 23.2 Å². The van der Waals surface area contributed by atoms with Crippen LogP contribution in [-0.4, -0.2) is 52.2 Å². The molecule has 1 aromatic heterocycles. The highest BCUT2D eigenvalue weighted by molar-refractivity contribution is 6.36. The van der Waals surface area contributed by atoms with Gasteiger partial charge in [-0.2, -0.15) is 0 Å². The van der Waals surface area contributed by atoms with Gasteiger partial charge in [-0.3, -0.25) is 14.4 Å². The molecule has 1 fully saturated rings. The first-order valence-electron chi connectivity index (χ1n) is 10.2. The molecule has 1 aliphatic rings. The lowest BCUT2D eigenvalue weighted by Gasteiger charge is -2.23. The molecule has 2 aromatic carbocycles. The number of nitrogens with one attached hydrogen (secondary N) is 3. The molecular formula is C22H21Cl2N5O3. The van der Waals surface area contributed by atoms with Gasteiger partial charge in [0.1, 0.15) is 5.82 Å². The van der Waals surface area contributed by atoms with Gasteiger partial charge in [0, 0.05) is 11.6 Å². The zero-order valence-corrected chi connectivity index (χ0v) is 18.5. The number of aromatic nitrogens is 2. The molecule has 10 heteroatoms. The lowest BCUT2D eigenvalue weighted by molar-refractivity contribution is -0.133. The second-order valence-electron chi connectivity index (χ2n) is 7.47. The van der Waals surface area contributed by atoms with Crippen molar-refractivity contribution in [2.24, 2.45) is 0 Å². The number of rotatable bonds is 6. The van der Waals surface area contributed by atoms with Gasteiger partial charge < -0.3 is 20.5 Å². The van der Waals surface area contributed by atoms with E-state index in [2.05, 4.69) is 20.6 Å². The van der Waals surface area contributed by atoms with E-state index in [1.165, 1.54) is 18.2 Å². The highest BCUT2D eigenvalue weighted by Gasteiger charge is 2.32. The zero-order valence-electron chi connectivity index (χ0n) is 17.0. The van der Waals surface area contributed by atoms with Crippen molar-refractivity contribution in [1.82, 2.24) is 25.5 Å². The van der Waals surface area contributed by atoms with Crippen molar-refractivity contribution in [1.29, 1.82) is 0 Å². The third kappa shape index (κ3) is 4.87. The van der Waals surface area contributed by atoms with Crippen LogP contribution in [0.5, 0.6) is 0 Å². The highest BCUT2D eigenvalue weighted by Crippen LogP contribution is 2.31. The topological polar surface area (TPSA) is 107 Å². The molecule has 0 aliphatic carbocycles. The van der Waals surface area contributed by atoms with Crippen LogP contribution in [-0.2, 0) is 9.59 Å². The summed E-state index contributed by atoms with van der Waals surface area (Å²) < 4.78 is 0. The number of likely N-dealkylation sites (tertiary alicyclic amines) is 1. The lowest BCUT2D eigenvalue weighted by atomic mass is 10.2. The SMILES string of the molecule is O=C(CNC(=O)c1ccc(Cl)cc1Cl)NCC(=O)N1CCCC1c1nc2ccccc2[nH]1. The van der Waals surface area contributed by atoms with Gasteiger partial charge in [-0.1, -0.05) is 35.3 Å². The summed E-state index contributed by atoms with van der Waals surface area (Å²) in [6.45, 7) is 0.160. The molecule has 1 unspecified atom stereocenters. The summed E-state index contributed by atoms with van der Waals surface area (Å²) in [6.07, 6.45) is 1.66. The number of para-hydroxylation sites is 2. The predicted molar refractivity (Wildman–Crippen MR) is 122 cm³/mol. The van der Waals surface area contributed by atoms with Crippen molar-refractivity contribution < 1.29 is 14.4 Å². The second-order valence-corrected chi connectivity index (χ2v) is 8.31. The fourth-order valence-corrected chi connectivity index (χ4v) is 4.24. The molecular weight excluding hydrogens is 453 g/mol. The smallest absolute Gasteiger partial charge is 0.253 e. The Morgan fingerprint density at radius 2 is 1.91 bits per heavy atom. The van der Waals surface area contributed by atoms with E-state index >= 15 is 0 Å². The van der Waals surface area contributed by atoms with Gasteiger partial charge in [-0.25, -0.2) is 4.98 Å². The summed E-state index contributed by atoms with van der Waals surface area (Å²) in [5, 5.41) is 5.64. The molecule has 166 valence electrons. The van der Waals surface area contributed by atoms with Crippen molar-refractivity contribution in [3.63, 3.8) is 0 Å². The van der Waals surface area contributed by atoms with Crippen LogP contribution in [0.3, 0.4) is 0 Å². The average molecular weight is 474 g/mol. The quantitative estimate of drug-likeness (QED) is 0.511. The van der Waals surface area contributed by atoms with E-state index in [9.17, 15) is 14.4 Å². The van der Waals surface area contributed by atoms with Gasteiger partial charge in [0.15, 0.2) is 0 Å². The number of carbonyl (C=O) groups excluding carboxylic acids is 3. The molecule has 0 spiro atoms. The number of fused-ring (bicyclic) bond motifs is 1. The fourth-order valence-electron chi connectivity index (χ4n) is 3.75. The molecule has 1 aliphatic heterocycles. The summed E-state index contributed by atoms with van der Waals surface area (Å²) in [5.41, 5.74) is 1.99. The van der Waals surface area contributed by atoms with E-state index in [1.807, 2.05) is 24.3 Å². The van der Waals surface area contributed by atoms with Crippen molar-refractivity contribution in [2.75, 3.05) is 19.6 Å². The first kappa shape index (κ1) is 22.1. The zero-order chi connectivity index (χ0) is 22.7. The largest absolute Gasteiger partial charge is 0.345 e. The van der Waals surface area contributed by atoms with Crippen LogP contribution in [0.2, 0.25) is 10.0 Å². The van der Waals surface area contributed by atoms with Crippen LogP contribution in [0.15, 0.2) is 42.5 Å². The van der Waals surface area contributed by atoms with Crippen LogP contribution >= 0.6 is 23.2 Å². The van der Waals surface area contributed by atoms with Crippen molar-refractivity contribution >= 4 is 52.0 Å². The molecule has 1 atom stereocenters. The molecule has 0 saturated carbocycles. The highest BCUT2D eigenvalue weighted by atomic mass is 35.5. The predicted octanol–water partition coefficient (Wildman–Crippen LogP) is 3.08. The number of carbonyl (C=O) groups is 3. The van der Waals surface area contributed by atoms with Crippen molar-refractivity contribution in [3.8, 4) is 0 Å². The Morgan fingerprint density at radius 3 is 2.69 bits per heavy atom. The number of halogens is 2. The summed E-state index contributed by atoms with van der Waals surface area (Å²) in [6, 6.07) is 12.0. The Labute approximate surface area is 194 Å². The minimum absolute atomic E-state index is 0.154. The Bertz CT molecular complexity index is 1150. The monoisotopic (exact) mass is 473 g/mol. The van der Waals surface area contributed by atoms with Crippen LogP contribution in [0.1, 0.15) is 35.1 Å². The number of nitrogens with zero attached hydrogens (tertiary/aromatic N) is 2. The summed E-state index contributed by atoms with van der Waals surface area (Å²) in [7, 11) is 0. The van der Waals surface area contributed by atoms with Gasteiger partial charge in [0.2, 0.25) is 11.8 Å². The number of amides is 3. The average Bonchev–Trinajstić information content (AvgIpc) is 3.42. The molecule has 0 radical (unpaired) electrons. The summed E-state index contributed by atoms with van der Waals surface area (Å²) in [5.74, 6) is -0.433. The Balaban J connectivity index is 1.29. The maximum atomic E-state index is 12.7. The fraction of sp³-hybridized carbons (Fsp3) is 0.273. The number of hydrogen-bond acceptors (Lipinski definition) is 4. The van der Waals surface area contributed by atoms with Gasteiger partial charge in [-0.05, 0) is 43.2 Å². The van der Waals surface area contributed by atoms with Crippen molar-refractivity contribution in [2.45, 2.75) is 18.9 Å². The first-order valence-corrected chi connectivity index (χ1v) is 10.9. The van der Waals surface area contributed by atoms with Crippen molar-refractivity contribution in [3.05, 3.63) is 63.9 Å². The van der Waals surface area contributed by atoms with Crippen LogP contribution < -0.4 is 10.6 Å². The molecule has 1 saturated heterocycles. The molecule has 8 nitrogen and oxygen atoms in total. The third-order valence-electron chi connectivity index (χ3n) is 5.32. The molecule has 0 bridgehead atoms. The molecule has 4 rings (SSSR count). The number of benzene rings is 2. The molecule has 32 heavy (non-hydrogen) atoms. The standard InChI is InChI=1S/C22H21Cl2N5O3/c23-13-7-8-14(15(24)10-13)22(32)26-11-19(30)25-12-20(31)29-9-3-6-18(29)21-27-16-4-1-2-5-17(16)28-21/h1-2,4-5,7-8,10,18H,3,6,9,11-12H2,(H,25,30)(H,26,32)(H,27,28). The summed E-state index contributed by atoms with van der Waals surface area (Å²) >= 11 is 11.8. The lowest BCUT2D eigenvalue weighted by Crippen LogP contribution is -2.43. The first-order chi connectivity index (χ1) is 15.4. The van der Waals surface area contributed by atoms with E-state index < -0.39 is 11.8 Å². The van der Waals surface area contributed by atoms with E-state index in [0.29, 0.717) is 11.6 Å². The molecule has 3 amide bonds. The van der Waals surface area contributed by atoms with Crippen LogP contribution in [0.4, 0.5) is 0 Å². The Hall–Kier alpha value is -3.10. The maximum absolute atomic E-state index is 12.7. The van der Waals surface area contributed by atoms with E-state index in [1.54, 1.807) is 4.90 Å². The minimum Gasteiger partial charge on any atom is -0.345 e. The maximum Gasteiger partial charge on any atom is 0.253 e. The van der Waals surface area contributed by atoms with Crippen LogP contribution in [0.25, 0.3) is 11.0 Å². The van der Waals surface area contributed by atoms with Gasteiger partial charge in [0.25, 0.3) is 5.91 Å². The Kier molecular flexibility index (Phi) is 6.62. The van der Waals surface area contributed by atoms with E-state index in [-0.39, 0.29) is 35.6 Å². The number of H-pyrrole nitrogens is 1. The number of hydrogen-bond donors (Lipinski definition) is 3. The third-order valence-corrected chi connectivity index (χ3v) is 5.87. The van der Waals surface area contributed by atoms with Gasteiger partial charge >= 0.3 is 0 Å². The van der Waals surface area contributed by atoms with Gasteiger partial charge in [-0.15, -0.1) is 0 Å². The van der Waals surface area contributed by atoms with E-state index in [0.717, 1.165) is 29.7 Å². The number of imidazole rings is 1. The summed E-state index contributed by atoms with van der Waals surface area (Å²) in [4.78, 5) is 46.7. The normalized spacial score (nSPS) is 15.7. The second kappa shape index (κ2) is 9.58. The number of aromatic amines is 1. The Morgan fingerprint density at radius 1 is 1.09 bits per heavy atom.